The van der Waals surface area contributed by atoms with Crippen LogP contribution in [-0.2, 0) is 35.6 Å². The summed E-state index contributed by atoms with van der Waals surface area (Å²) >= 11 is 3.65. The van der Waals surface area contributed by atoms with Gasteiger partial charge in [-0.1, -0.05) is 101 Å². The Balaban J connectivity index is 1.14. The quantitative estimate of drug-likeness (QED) is 0.0630. The third kappa shape index (κ3) is 10.0. The molecule has 3 N–H and O–H groups in total. The second-order valence-corrected chi connectivity index (χ2v) is 13.6. The van der Waals surface area contributed by atoms with E-state index in [0.717, 1.165) is 32.3 Å². The number of nitrogens with one attached hydrogen (secondary N) is 2. The van der Waals surface area contributed by atoms with Crippen molar-refractivity contribution in [2.24, 2.45) is 4.99 Å². The summed E-state index contributed by atoms with van der Waals surface area (Å²) in [7, 11) is 0. The predicted octanol–water partition coefficient (Wildman–Crippen LogP) is 7.38. The molecule has 5 aromatic rings. The Kier molecular flexibility index (Phi) is 13.2. The number of aliphatic imine (C=N–C) groups is 1. The van der Waals surface area contributed by atoms with Crippen molar-refractivity contribution in [2.75, 3.05) is 19.8 Å². The number of aliphatic hydroxyl groups is 1. The number of nitrogens with zero attached hydrogens (tertiary/aromatic N) is 1. The molecule has 1 aliphatic rings. The van der Waals surface area contributed by atoms with Crippen LogP contribution in [0.2, 0.25) is 0 Å². The molecule has 0 fully saturated rings. The van der Waals surface area contributed by atoms with E-state index in [1.54, 1.807) is 0 Å². The summed E-state index contributed by atoms with van der Waals surface area (Å²) in [6.07, 6.45) is 0.934. The zero-order valence-electron chi connectivity index (χ0n) is 29.7. The van der Waals surface area contributed by atoms with Crippen LogP contribution in [0.25, 0.3) is 0 Å². The molecule has 1 aliphatic heterocycles. The number of amides is 1. The lowest BCUT2D eigenvalue weighted by atomic mass is 9.86. The minimum absolute atomic E-state index is 0.0698. The van der Waals surface area contributed by atoms with E-state index in [1.807, 2.05) is 134 Å². The van der Waals surface area contributed by atoms with Crippen LogP contribution in [0.5, 0.6) is 17.2 Å². The number of ether oxygens (including phenoxy) is 4. The van der Waals surface area contributed by atoms with Gasteiger partial charge in [-0.25, -0.2) is 10.4 Å². The highest BCUT2D eigenvalue weighted by Crippen LogP contribution is 2.35. The van der Waals surface area contributed by atoms with E-state index in [-0.39, 0.29) is 12.5 Å². The summed E-state index contributed by atoms with van der Waals surface area (Å²) < 4.78 is 25.3. The summed E-state index contributed by atoms with van der Waals surface area (Å²) in [5.74, 6) is 2.09. The van der Waals surface area contributed by atoms with Gasteiger partial charge in [-0.3, -0.25) is 10.2 Å². The zero-order chi connectivity index (χ0) is 36.9. The van der Waals surface area contributed by atoms with Crippen molar-refractivity contribution in [2.45, 2.75) is 51.0 Å². The first-order chi connectivity index (χ1) is 25.9. The van der Waals surface area contributed by atoms with Crippen molar-refractivity contribution in [1.29, 1.82) is 0 Å². The first-order valence-electron chi connectivity index (χ1n) is 17.8. The lowest BCUT2D eigenvalue weighted by Gasteiger charge is -2.28. The number of carbonyl (C=O) groups excluding carboxylic acids is 1. The van der Waals surface area contributed by atoms with Gasteiger partial charge in [0.15, 0.2) is 17.0 Å². The molecule has 0 aromatic heterocycles. The molecule has 9 nitrogen and oxygen atoms in total. The van der Waals surface area contributed by atoms with Crippen molar-refractivity contribution < 1.29 is 28.8 Å². The monoisotopic (exact) mass is 777 g/mol. The van der Waals surface area contributed by atoms with Gasteiger partial charge in [0.1, 0.15) is 25.1 Å². The summed E-state index contributed by atoms with van der Waals surface area (Å²) in [5, 5.41) is 9.05. The van der Waals surface area contributed by atoms with E-state index in [4.69, 9.17) is 29.0 Å². The van der Waals surface area contributed by atoms with Gasteiger partial charge in [0.05, 0.1) is 6.61 Å². The van der Waals surface area contributed by atoms with Gasteiger partial charge in [-0.05, 0) is 78.1 Å². The molecule has 0 radical (unpaired) electrons. The number of benzene rings is 5. The second-order valence-electron chi connectivity index (χ2n) is 12.8. The normalized spacial score (nSPS) is 16.4. The molecule has 53 heavy (non-hydrogen) atoms. The Bertz CT molecular complexity index is 1960. The Morgan fingerprint density at radius 1 is 0.811 bits per heavy atom. The zero-order valence-corrected chi connectivity index (χ0v) is 31.3. The summed E-state index contributed by atoms with van der Waals surface area (Å²) in [6, 6.07) is 41.2. The fourth-order valence-corrected chi connectivity index (χ4v) is 6.37. The van der Waals surface area contributed by atoms with Crippen LogP contribution in [0, 0.1) is 0 Å². The third-order valence-electron chi connectivity index (χ3n) is 8.97. The van der Waals surface area contributed by atoms with Crippen molar-refractivity contribution >= 4 is 27.7 Å². The van der Waals surface area contributed by atoms with E-state index >= 15 is 0 Å². The average Bonchev–Trinajstić information content (AvgIpc) is 3.53. The van der Waals surface area contributed by atoms with E-state index in [2.05, 4.69) is 26.8 Å². The maximum absolute atomic E-state index is 14.1. The minimum Gasteiger partial charge on any atom is -0.494 e. The fourth-order valence-electron chi connectivity index (χ4n) is 5.94. The van der Waals surface area contributed by atoms with Crippen LogP contribution in [0.15, 0.2) is 137 Å². The van der Waals surface area contributed by atoms with Crippen LogP contribution in [0.3, 0.4) is 0 Å². The molecule has 0 aliphatic carbocycles. The molecule has 1 heterocycles. The number of rotatable bonds is 18. The summed E-state index contributed by atoms with van der Waals surface area (Å²) in [6.45, 7) is 3.66. The van der Waals surface area contributed by atoms with Crippen molar-refractivity contribution in [3.05, 3.63) is 160 Å². The van der Waals surface area contributed by atoms with Crippen LogP contribution in [0.1, 0.15) is 41.2 Å². The molecule has 274 valence electrons. The molecular weight excluding hydrogens is 734 g/mol. The molecule has 0 bridgehead atoms. The third-order valence-corrected chi connectivity index (χ3v) is 9.74. The lowest BCUT2D eigenvalue weighted by molar-refractivity contribution is -0.129. The Morgan fingerprint density at radius 3 is 2.15 bits per heavy atom. The van der Waals surface area contributed by atoms with Gasteiger partial charge in [0.2, 0.25) is 5.90 Å². The maximum atomic E-state index is 14.1. The number of halogens is 1. The molecule has 2 atom stereocenters. The first-order valence-corrected chi connectivity index (χ1v) is 18.6. The Morgan fingerprint density at radius 2 is 1.47 bits per heavy atom. The van der Waals surface area contributed by atoms with Crippen LogP contribution < -0.4 is 25.1 Å². The van der Waals surface area contributed by atoms with E-state index in [0.29, 0.717) is 68.8 Å². The molecule has 1 amide bonds. The van der Waals surface area contributed by atoms with Gasteiger partial charge in [0.25, 0.3) is 5.91 Å². The molecule has 0 saturated heterocycles. The van der Waals surface area contributed by atoms with E-state index < -0.39 is 11.6 Å². The largest absolute Gasteiger partial charge is 0.494 e. The van der Waals surface area contributed by atoms with Gasteiger partial charge in [-0.2, -0.15) is 0 Å². The predicted molar refractivity (Wildman–Crippen MR) is 209 cm³/mol. The van der Waals surface area contributed by atoms with Crippen LogP contribution >= 0.6 is 15.9 Å². The fraction of sp³-hybridized carbons (Fsp3) is 0.256. The molecule has 0 unspecified atom stereocenters. The maximum Gasteiger partial charge on any atom is 0.266 e. The smallest absolute Gasteiger partial charge is 0.266 e. The van der Waals surface area contributed by atoms with E-state index in [9.17, 15) is 4.79 Å². The Labute approximate surface area is 319 Å². The molecule has 0 saturated carbocycles. The summed E-state index contributed by atoms with van der Waals surface area (Å²) in [5.41, 5.74) is 9.67. The highest BCUT2D eigenvalue weighted by Gasteiger charge is 2.50. The molecule has 5 aromatic carbocycles. The first kappa shape index (κ1) is 37.6. The van der Waals surface area contributed by atoms with Crippen molar-refractivity contribution in [3.8, 4) is 17.2 Å². The van der Waals surface area contributed by atoms with Crippen LogP contribution in [-0.4, -0.2) is 48.3 Å². The van der Waals surface area contributed by atoms with Crippen molar-refractivity contribution in [1.82, 2.24) is 10.9 Å². The van der Waals surface area contributed by atoms with Gasteiger partial charge in [0, 0.05) is 36.0 Å². The highest BCUT2D eigenvalue weighted by molar-refractivity contribution is 9.10. The lowest BCUT2D eigenvalue weighted by Crippen LogP contribution is -2.56. The number of hydrogen-bond acceptors (Lipinski definition) is 8. The van der Waals surface area contributed by atoms with E-state index in [1.165, 1.54) is 0 Å². The second kappa shape index (κ2) is 18.6. The van der Waals surface area contributed by atoms with Crippen molar-refractivity contribution in [3.63, 3.8) is 0 Å². The summed E-state index contributed by atoms with van der Waals surface area (Å²) in [4.78, 5) is 19.1. The SMILES string of the molecule is C[C@@H]1OC(c2ccc(OCCCO)cc2)=N[C@]1(Cc1ccccc1Br)C(=O)NNCCc1ccc(OCc2ccccc2)c(OCc2ccccc2)c1. The number of hydrogen-bond donors (Lipinski definition) is 3. The number of carbonyl (C=O) groups is 1. The van der Waals surface area contributed by atoms with Gasteiger partial charge in [-0.15, -0.1) is 0 Å². The topological polar surface area (TPSA) is 111 Å². The van der Waals surface area contributed by atoms with Gasteiger partial charge >= 0.3 is 0 Å². The minimum atomic E-state index is -1.24. The number of aliphatic hydroxyl groups excluding tert-OH is 1. The van der Waals surface area contributed by atoms with Gasteiger partial charge < -0.3 is 24.1 Å². The number of hydrazine groups is 1. The molecule has 6 rings (SSSR count). The Hall–Kier alpha value is -5.16. The average molecular weight is 779 g/mol. The highest BCUT2D eigenvalue weighted by atomic mass is 79.9. The standard InChI is InChI=1S/C43H44BrN3O6/c1-31-43(28-36-15-8-9-16-38(36)44,46-41(53-31)35-18-20-37(21-19-35)50-26-10-25-48)42(49)47-45-24-23-32-17-22-39(51-29-33-11-4-2-5-12-33)40(27-32)52-30-34-13-6-3-7-14-34/h2-9,11-22,27,31,45,48H,10,23-26,28-30H2,1H3,(H,47,49)/t31-,43-/m0/s1. The van der Waals surface area contributed by atoms with Crippen LogP contribution in [0.4, 0.5) is 0 Å². The molecular formula is C43H44BrN3O6. The molecule has 0 spiro atoms. The molecule has 10 heteroatoms.